The van der Waals surface area contributed by atoms with E-state index in [9.17, 15) is 14.4 Å². The lowest BCUT2D eigenvalue weighted by Gasteiger charge is -2.22. The number of esters is 1. The summed E-state index contributed by atoms with van der Waals surface area (Å²) in [5.41, 5.74) is 4.85. The Morgan fingerprint density at radius 3 is 2.67 bits per heavy atom. The van der Waals surface area contributed by atoms with Gasteiger partial charge in [-0.1, -0.05) is 30.3 Å². The van der Waals surface area contributed by atoms with Crippen molar-refractivity contribution >= 4 is 34.1 Å². The Hall–Kier alpha value is -2.71. The highest BCUT2D eigenvalue weighted by Crippen LogP contribution is 2.33. The van der Waals surface area contributed by atoms with Crippen molar-refractivity contribution in [3.05, 3.63) is 51.9 Å². The molecule has 2 heterocycles. The molecule has 142 valence electrons. The molecule has 1 atom stereocenters. The first kappa shape index (κ1) is 19.1. The van der Waals surface area contributed by atoms with Crippen LogP contribution in [0.15, 0.2) is 30.3 Å². The van der Waals surface area contributed by atoms with Gasteiger partial charge in [0.2, 0.25) is 11.8 Å². The summed E-state index contributed by atoms with van der Waals surface area (Å²) in [6, 6.07) is 8.92. The van der Waals surface area contributed by atoms with Crippen LogP contribution in [0.2, 0.25) is 0 Å². The molecule has 2 N–H and O–H groups in total. The first-order chi connectivity index (χ1) is 12.9. The van der Waals surface area contributed by atoms with E-state index in [1.807, 2.05) is 44.2 Å². The average molecular weight is 387 g/mol. The SMILES string of the molecule is COC(=O)c1c(NC(=O)[C@H]2CC(=O)NN2Cc2ccccc2)sc(C)c1C. The van der Waals surface area contributed by atoms with E-state index in [4.69, 9.17) is 4.74 Å². The minimum Gasteiger partial charge on any atom is -0.465 e. The van der Waals surface area contributed by atoms with Gasteiger partial charge in [0.05, 0.1) is 19.1 Å². The summed E-state index contributed by atoms with van der Waals surface area (Å²) < 4.78 is 4.83. The lowest BCUT2D eigenvalue weighted by molar-refractivity contribution is -0.121. The molecule has 1 saturated heterocycles. The van der Waals surface area contributed by atoms with Crippen LogP contribution in [-0.2, 0) is 20.9 Å². The molecule has 7 nitrogen and oxygen atoms in total. The highest BCUT2D eigenvalue weighted by Gasteiger charge is 2.36. The third-order valence-corrected chi connectivity index (χ3v) is 5.66. The average Bonchev–Trinajstić information content (AvgIpc) is 3.14. The van der Waals surface area contributed by atoms with E-state index in [0.29, 0.717) is 17.1 Å². The number of carbonyl (C=O) groups is 3. The van der Waals surface area contributed by atoms with Crippen LogP contribution >= 0.6 is 11.3 Å². The van der Waals surface area contributed by atoms with E-state index in [1.54, 1.807) is 5.01 Å². The Bertz CT molecular complexity index is 879. The molecule has 8 heteroatoms. The number of aryl methyl sites for hydroxylation is 1. The first-order valence-electron chi connectivity index (χ1n) is 8.50. The van der Waals surface area contributed by atoms with Gasteiger partial charge in [0, 0.05) is 11.4 Å². The third-order valence-electron chi connectivity index (χ3n) is 4.53. The molecule has 2 aromatic rings. The summed E-state index contributed by atoms with van der Waals surface area (Å²) in [5, 5.41) is 4.88. The smallest absolute Gasteiger partial charge is 0.341 e. The zero-order valence-electron chi connectivity index (χ0n) is 15.4. The van der Waals surface area contributed by atoms with Crippen LogP contribution in [0, 0.1) is 13.8 Å². The Morgan fingerprint density at radius 2 is 2.00 bits per heavy atom. The van der Waals surface area contributed by atoms with Gasteiger partial charge in [-0.15, -0.1) is 11.3 Å². The molecule has 1 aliphatic heterocycles. The largest absolute Gasteiger partial charge is 0.465 e. The summed E-state index contributed by atoms with van der Waals surface area (Å²) in [7, 11) is 1.31. The van der Waals surface area contributed by atoms with Crippen LogP contribution in [0.4, 0.5) is 5.00 Å². The quantitative estimate of drug-likeness (QED) is 0.769. The number of ether oxygens (including phenoxy) is 1. The number of hydrogen-bond donors (Lipinski definition) is 2. The topological polar surface area (TPSA) is 87.7 Å². The summed E-state index contributed by atoms with van der Waals surface area (Å²) in [5.74, 6) is -1.04. The van der Waals surface area contributed by atoms with Crippen molar-refractivity contribution < 1.29 is 19.1 Å². The Morgan fingerprint density at radius 1 is 1.30 bits per heavy atom. The molecule has 0 radical (unpaired) electrons. The molecule has 1 aliphatic rings. The number of nitrogens with one attached hydrogen (secondary N) is 2. The second kappa shape index (κ2) is 7.89. The van der Waals surface area contributed by atoms with Crippen molar-refractivity contribution in [2.45, 2.75) is 32.9 Å². The fraction of sp³-hybridized carbons (Fsp3) is 0.316. The van der Waals surface area contributed by atoms with Crippen molar-refractivity contribution in [3.8, 4) is 0 Å². The van der Waals surface area contributed by atoms with Gasteiger partial charge in [-0.2, -0.15) is 0 Å². The maximum Gasteiger partial charge on any atom is 0.341 e. The molecule has 0 saturated carbocycles. The van der Waals surface area contributed by atoms with E-state index in [0.717, 1.165) is 16.0 Å². The minimum absolute atomic E-state index is 0.0650. The van der Waals surface area contributed by atoms with Crippen molar-refractivity contribution in [1.29, 1.82) is 0 Å². The third kappa shape index (κ3) is 4.01. The van der Waals surface area contributed by atoms with Gasteiger partial charge < -0.3 is 10.1 Å². The highest BCUT2D eigenvalue weighted by atomic mass is 32.1. The van der Waals surface area contributed by atoms with E-state index in [1.165, 1.54) is 18.4 Å². The van der Waals surface area contributed by atoms with Gasteiger partial charge in [-0.05, 0) is 25.0 Å². The monoisotopic (exact) mass is 387 g/mol. The van der Waals surface area contributed by atoms with Crippen LogP contribution in [0.25, 0.3) is 0 Å². The van der Waals surface area contributed by atoms with Crippen LogP contribution in [0.3, 0.4) is 0 Å². The van der Waals surface area contributed by atoms with Gasteiger partial charge >= 0.3 is 5.97 Å². The van der Waals surface area contributed by atoms with Gasteiger partial charge in [-0.3, -0.25) is 15.0 Å². The molecular formula is C19H21N3O4S. The number of thiophene rings is 1. The van der Waals surface area contributed by atoms with Crippen molar-refractivity contribution in [3.63, 3.8) is 0 Å². The summed E-state index contributed by atoms with van der Waals surface area (Å²) in [6.45, 7) is 4.11. The Labute approximate surface area is 161 Å². The fourth-order valence-electron chi connectivity index (χ4n) is 2.99. The highest BCUT2D eigenvalue weighted by molar-refractivity contribution is 7.16. The molecule has 0 bridgehead atoms. The van der Waals surface area contributed by atoms with E-state index >= 15 is 0 Å². The number of benzene rings is 1. The molecule has 3 rings (SSSR count). The number of methoxy groups -OCH3 is 1. The predicted octanol–water partition coefficient (Wildman–Crippen LogP) is 2.40. The van der Waals surface area contributed by atoms with Crippen LogP contribution in [0.1, 0.15) is 32.8 Å². The van der Waals surface area contributed by atoms with Gasteiger partial charge in [0.15, 0.2) is 0 Å². The number of carbonyl (C=O) groups excluding carboxylic acids is 3. The standard InChI is InChI=1S/C19H21N3O4S/c1-11-12(2)27-18(16(11)19(25)26-3)20-17(24)14-9-15(23)21-22(14)10-13-7-5-4-6-8-13/h4-8,14H,9-10H2,1-3H3,(H,20,24)(H,21,23)/t14-/m1/s1. The van der Waals surface area contributed by atoms with Gasteiger partial charge in [-0.25, -0.2) is 9.80 Å². The molecule has 0 aliphatic carbocycles. The second-order valence-corrected chi connectivity index (χ2v) is 7.56. The summed E-state index contributed by atoms with van der Waals surface area (Å²) >= 11 is 1.32. The molecular weight excluding hydrogens is 366 g/mol. The van der Waals surface area contributed by atoms with Crippen molar-refractivity contribution in [1.82, 2.24) is 10.4 Å². The van der Waals surface area contributed by atoms with E-state index in [-0.39, 0.29) is 18.2 Å². The summed E-state index contributed by atoms with van der Waals surface area (Å²) in [6.07, 6.45) is 0.0650. The molecule has 1 aromatic carbocycles. The van der Waals surface area contributed by atoms with E-state index in [2.05, 4.69) is 10.7 Å². The number of hydrazine groups is 1. The van der Waals surface area contributed by atoms with E-state index < -0.39 is 12.0 Å². The maximum atomic E-state index is 12.9. The summed E-state index contributed by atoms with van der Waals surface area (Å²) in [4.78, 5) is 37.7. The van der Waals surface area contributed by atoms with Crippen LogP contribution in [0.5, 0.6) is 0 Å². The predicted molar refractivity (Wildman–Crippen MR) is 102 cm³/mol. The molecule has 27 heavy (non-hydrogen) atoms. The van der Waals surface area contributed by atoms with Crippen molar-refractivity contribution in [2.24, 2.45) is 0 Å². The van der Waals surface area contributed by atoms with Crippen LogP contribution < -0.4 is 10.7 Å². The Kier molecular flexibility index (Phi) is 5.57. The molecule has 1 fully saturated rings. The second-order valence-electron chi connectivity index (χ2n) is 6.34. The van der Waals surface area contributed by atoms with Gasteiger partial charge in [0.1, 0.15) is 11.0 Å². The molecule has 2 amide bonds. The lowest BCUT2D eigenvalue weighted by atomic mass is 10.1. The minimum atomic E-state index is -0.661. The Balaban J connectivity index is 1.80. The number of nitrogens with zero attached hydrogens (tertiary/aromatic N) is 1. The zero-order valence-corrected chi connectivity index (χ0v) is 16.2. The maximum absolute atomic E-state index is 12.9. The normalized spacial score (nSPS) is 16.9. The first-order valence-corrected chi connectivity index (χ1v) is 9.31. The van der Waals surface area contributed by atoms with Gasteiger partial charge in [0.25, 0.3) is 0 Å². The molecule has 0 unspecified atom stereocenters. The number of rotatable bonds is 5. The van der Waals surface area contributed by atoms with Crippen molar-refractivity contribution in [2.75, 3.05) is 12.4 Å². The molecule has 0 spiro atoms. The zero-order chi connectivity index (χ0) is 19.6. The fourth-order valence-corrected chi connectivity index (χ4v) is 4.04. The lowest BCUT2D eigenvalue weighted by Crippen LogP contribution is -2.43. The van der Waals surface area contributed by atoms with Crippen LogP contribution in [-0.4, -0.2) is 35.9 Å². The number of hydrogen-bond acceptors (Lipinski definition) is 6. The molecule has 1 aromatic heterocycles. The number of amides is 2. The number of anilines is 1.